The van der Waals surface area contributed by atoms with Crippen molar-refractivity contribution in [2.75, 3.05) is 24.6 Å². The first-order valence-electron chi connectivity index (χ1n) is 11.5. The van der Waals surface area contributed by atoms with Gasteiger partial charge in [0.05, 0.1) is 13.2 Å². The van der Waals surface area contributed by atoms with Crippen molar-refractivity contribution in [3.8, 4) is 5.75 Å². The van der Waals surface area contributed by atoms with Crippen molar-refractivity contribution in [3.05, 3.63) is 45.1 Å². The van der Waals surface area contributed by atoms with Gasteiger partial charge in [0, 0.05) is 44.9 Å². The van der Waals surface area contributed by atoms with Crippen LogP contribution in [0.15, 0.2) is 38.8 Å². The molecule has 0 bridgehead atoms. The molecule has 10 heteroatoms. The van der Waals surface area contributed by atoms with Crippen LogP contribution in [-0.2, 0) is 20.1 Å². The maximum Gasteiger partial charge on any atom is 0.332 e. The fraction of sp³-hybridized carbons (Fsp3) is 0.478. The maximum absolute atomic E-state index is 13.6. The number of nitrogens with two attached hydrogens (primary N) is 1. The summed E-state index contributed by atoms with van der Waals surface area (Å²) in [7, 11) is 1.66. The number of rotatable bonds is 4. The lowest BCUT2D eigenvalue weighted by Crippen LogP contribution is -2.44. The van der Waals surface area contributed by atoms with Gasteiger partial charge in [-0.3, -0.25) is 18.9 Å². The molecule has 0 saturated carbocycles. The van der Waals surface area contributed by atoms with Crippen LogP contribution in [0.1, 0.15) is 26.2 Å². The van der Waals surface area contributed by atoms with E-state index in [9.17, 15) is 9.59 Å². The van der Waals surface area contributed by atoms with Crippen molar-refractivity contribution >= 4 is 28.5 Å². The molecule has 33 heavy (non-hydrogen) atoms. The third-order valence-corrected chi connectivity index (χ3v) is 6.40. The minimum absolute atomic E-state index is 0.0719. The summed E-state index contributed by atoms with van der Waals surface area (Å²) in [4.78, 5) is 38.4. The van der Waals surface area contributed by atoms with Crippen molar-refractivity contribution in [2.45, 2.75) is 45.3 Å². The maximum atomic E-state index is 13.6. The number of imidazole rings is 1. The molecule has 2 aliphatic rings. The minimum Gasteiger partial charge on any atom is -0.491 e. The Balaban J connectivity index is 1.62. The summed E-state index contributed by atoms with van der Waals surface area (Å²) in [5.41, 5.74) is 7.69. The van der Waals surface area contributed by atoms with Crippen molar-refractivity contribution in [3.63, 3.8) is 0 Å². The highest BCUT2D eigenvalue weighted by molar-refractivity contribution is 5.88. The van der Waals surface area contributed by atoms with Gasteiger partial charge < -0.3 is 19.9 Å². The molecule has 1 aromatic carbocycles. The fourth-order valence-corrected chi connectivity index (χ4v) is 4.71. The number of aryl methyl sites for hydroxylation is 2. The molecule has 174 valence electrons. The highest BCUT2D eigenvalue weighted by Gasteiger charge is 2.26. The van der Waals surface area contributed by atoms with Crippen molar-refractivity contribution in [2.24, 2.45) is 17.8 Å². The van der Waals surface area contributed by atoms with Crippen LogP contribution < -0.4 is 26.6 Å². The van der Waals surface area contributed by atoms with Crippen molar-refractivity contribution < 1.29 is 4.74 Å². The number of hydrogen-bond donors (Lipinski definition) is 1. The summed E-state index contributed by atoms with van der Waals surface area (Å²) in [6.45, 7) is 4.61. The molecule has 5 rings (SSSR count). The Kier molecular flexibility index (Phi) is 5.53. The van der Waals surface area contributed by atoms with Crippen molar-refractivity contribution in [1.82, 2.24) is 18.7 Å². The van der Waals surface area contributed by atoms with Gasteiger partial charge in [-0.25, -0.2) is 4.79 Å². The molecule has 10 nitrogen and oxygen atoms in total. The second-order valence-corrected chi connectivity index (χ2v) is 8.65. The number of ether oxygens (including phenoxy) is 1. The van der Waals surface area contributed by atoms with E-state index in [1.807, 2.05) is 35.8 Å². The molecule has 0 aliphatic carbocycles. The number of aliphatic imine (C=N–C) groups is 1. The van der Waals surface area contributed by atoms with Crippen LogP contribution >= 0.6 is 0 Å². The SMILES string of the molecule is CCn1c(N2CCCC(N)C2)nc2c1c(=O)n(CC1=Nc3ccccc3OCC1)c(=O)n2C. The van der Waals surface area contributed by atoms with E-state index >= 15 is 0 Å². The van der Waals surface area contributed by atoms with Gasteiger partial charge in [0.15, 0.2) is 11.2 Å². The fourth-order valence-electron chi connectivity index (χ4n) is 4.71. The Morgan fingerprint density at radius 3 is 2.82 bits per heavy atom. The van der Waals surface area contributed by atoms with Crippen LogP contribution in [0.4, 0.5) is 11.6 Å². The van der Waals surface area contributed by atoms with E-state index in [0.29, 0.717) is 54.7 Å². The standard InChI is InChI=1S/C23H29N7O3/c1-3-29-19-20(26-22(29)28-11-6-7-15(24)13-28)27(2)23(32)30(21(19)31)14-16-10-12-33-18-9-5-4-8-17(18)25-16/h4-5,8-9,15H,3,6-7,10-14,24H2,1-2H3. The number of para-hydroxylation sites is 2. The zero-order chi connectivity index (χ0) is 23.1. The quantitative estimate of drug-likeness (QED) is 0.642. The van der Waals surface area contributed by atoms with Gasteiger partial charge in [0.2, 0.25) is 5.95 Å². The summed E-state index contributed by atoms with van der Waals surface area (Å²) in [5, 5.41) is 0. The lowest BCUT2D eigenvalue weighted by molar-refractivity contribution is 0.332. The predicted octanol–water partition coefficient (Wildman–Crippen LogP) is 1.40. The van der Waals surface area contributed by atoms with Gasteiger partial charge in [-0.1, -0.05) is 12.1 Å². The number of anilines is 1. The average molecular weight is 452 g/mol. The summed E-state index contributed by atoms with van der Waals surface area (Å²) >= 11 is 0. The number of fused-ring (bicyclic) bond motifs is 2. The largest absolute Gasteiger partial charge is 0.491 e. The van der Waals surface area contributed by atoms with E-state index in [1.165, 1.54) is 9.13 Å². The first-order valence-corrected chi connectivity index (χ1v) is 11.5. The molecule has 0 radical (unpaired) electrons. The zero-order valence-electron chi connectivity index (χ0n) is 19.0. The van der Waals surface area contributed by atoms with Crippen LogP contribution in [0.2, 0.25) is 0 Å². The Bertz CT molecular complexity index is 1350. The molecule has 2 N–H and O–H groups in total. The first kappa shape index (κ1) is 21.4. The third-order valence-electron chi connectivity index (χ3n) is 6.40. The van der Waals surface area contributed by atoms with E-state index in [-0.39, 0.29) is 18.1 Å². The molecule has 2 aliphatic heterocycles. The smallest absolute Gasteiger partial charge is 0.332 e. The molecule has 0 amide bonds. The monoisotopic (exact) mass is 451 g/mol. The van der Waals surface area contributed by atoms with Gasteiger partial charge in [-0.05, 0) is 31.9 Å². The summed E-state index contributed by atoms with van der Waals surface area (Å²) < 4.78 is 10.4. The molecular formula is C23H29N7O3. The molecule has 3 aromatic rings. The Hall–Kier alpha value is -3.40. The third kappa shape index (κ3) is 3.74. The molecule has 1 saturated heterocycles. The van der Waals surface area contributed by atoms with E-state index in [2.05, 4.69) is 4.90 Å². The molecule has 2 aromatic heterocycles. The highest BCUT2D eigenvalue weighted by atomic mass is 16.5. The topological polar surface area (TPSA) is 113 Å². The van der Waals surface area contributed by atoms with Crippen LogP contribution in [0.3, 0.4) is 0 Å². The van der Waals surface area contributed by atoms with Gasteiger partial charge in [-0.15, -0.1) is 0 Å². The number of aromatic nitrogens is 4. The second-order valence-electron chi connectivity index (χ2n) is 8.65. The van der Waals surface area contributed by atoms with Crippen LogP contribution in [-0.4, -0.2) is 50.1 Å². The zero-order valence-corrected chi connectivity index (χ0v) is 19.0. The summed E-state index contributed by atoms with van der Waals surface area (Å²) in [6, 6.07) is 7.59. The minimum atomic E-state index is -0.406. The average Bonchev–Trinajstić information content (AvgIpc) is 3.09. The first-order chi connectivity index (χ1) is 16.0. The summed E-state index contributed by atoms with van der Waals surface area (Å²) in [5.74, 6) is 1.40. The van der Waals surface area contributed by atoms with Gasteiger partial charge >= 0.3 is 5.69 Å². The van der Waals surface area contributed by atoms with Gasteiger partial charge in [0.25, 0.3) is 5.56 Å². The number of benzene rings is 1. The normalized spacial score (nSPS) is 18.6. The highest BCUT2D eigenvalue weighted by Crippen LogP contribution is 2.29. The Labute approximate surface area is 190 Å². The molecule has 1 fully saturated rings. The van der Waals surface area contributed by atoms with Crippen LogP contribution in [0.25, 0.3) is 11.2 Å². The lowest BCUT2D eigenvalue weighted by Gasteiger charge is -2.31. The van der Waals surface area contributed by atoms with Gasteiger partial charge in [-0.2, -0.15) is 4.98 Å². The van der Waals surface area contributed by atoms with Crippen LogP contribution in [0.5, 0.6) is 5.75 Å². The van der Waals surface area contributed by atoms with Gasteiger partial charge in [0.1, 0.15) is 11.4 Å². The molecule has 0 spiro atoms. The number of hydrogen-bond acceptors (Lipinski definition) is 7. The van der Waals surface area contributed by atoms with Crippen LogP contribution in [0, 0.1) is 0 Å². The number of piperidine rings is 1. The summed E-state index contributed by atoms with van der Waals surface area (Å²) in [6.07, 6.45) is 2.48. The molecule has 4 heterocycles. The Morgan fingerprint density at radius 1 is 1.21 bits per heavy atom. The number of nitrogens with zero attached hydrogens (tertiary/aromatic N) is 6. The second kappa shape index (κ2) is 8.51. The lowest BCUT2D eigenvalue weighted by atomic mass is 10.1. The van der Waals surface area contributed by atoms with E-state index in [1.54, 1.807) is 7.05 Å². The predicted molar refractivity (Wildman–Crippen MR) is 128 cm³/mol. The molecule has 1 unspecified atom stereocenters. The van der Waals surface area contributed by atoms with Crippen molar-refractivity contribution in [1.29, 1.82) is 0 Å². The van der Waals surface area contributed by atoms with E-state index < -0.39 is 5.69 Å². The van der Waals surface area contributed by atoms with E-state index in [4.69, 9.17) is 20.4 Å². The molecule has 1 atom stereocenters. The van der Waals surface area contributed by atoms with E-state index in [0.717, 1.165) is 25.1 Å². The molecular weight excluding hydrogens is 422 g/mol. The Morgan fingerprint density at radius 2 is 2.03 bits per heavy atom.